The molecule has 14 heteroatoms. The number of rotatable bonds is 11. The van der Waals surface area contributed by atoms with E-state index >= 15 is 0 Å². The van der Waals surface area contributed by atoms with Crippen molar-refractivity contribution in [3.63, 3.8) is 0 Å². The SMILES string of the molecule is COC(=O)c1cccc(NC(O)NCCCN(C)CC2OC([N+]3=C4NCN=C(N)C4N=C3)C(O)C2O)c1. The molecular weight excluding hydrogens is 484 g/mol. The molecule has 14 nitrogen and oxygen atoms in total. The third-order valence-corrected chi connectivity index (χ3v) is 6.42. The molecule has 37 heavy (non-hydrogen) atoms. The summed E-state index contributed by atoms with van der Waals surface area (Å²) in [5, 5.41) is 40.4. The lowest BCUT2D eigenvalue weighted by atomic mass is 10.1. The molecule has 6 atom stereocenters. The van der Waals surface area contributed by atoms with E-state index in [0.717, 1.165) is 0 Å². The maximum atomic E-state index is 11.6. The van der Waals surface area contributed by atoms with Crippen molar-refractivity contribution in [2.45, 2.75) is 43.4 Å². The lowest BCUT2D eigenvalue weighted by Crippen LogP contribution is -2.51. The van der Waals surface area contributed by atoms with E-state index in [1.165, 1.54) is 7.11 Å². The predicted octanol–water partition coefficient (Wildman–Crippen LogP) is -2.74. The highest BCUT2D eigenvalue weighted by atomic mass is 16.6. The molecule has 3 heterocycles. The molecular formula is C23H35N8O6+. The van der Waals surface area contributed by atoms with Gasteiger partial charge in [-0.1, -0.05) is 6.07 Å². The van der Waals surface area contributed by atoms with Gasteiger partial charge in [0.25, 0.3) is 6.04 Å². The molecule has 0 aromatic heterocycles. The van der Waals surface area contributed by atoms with Crippen molar-refractivity contribution in [2.24, 2.45) is 15.7 Å². The first kappa shape index (κ1) is 26.9. The Morgan fingerprint density at radius 2 is 2.22 bits per heavy atom. The molecule has 6 unspecified atom stereocenters. The van der Waals surface area contributed by atoms with Gasteiger partial charge in [-0.15, -0.1) is 4.99 Å². The van der Waals surface area contributed by atoms with Gasteiger partial charge in [0.1, 0.15) is 24.1 Å². The number of aliphatic hydroxyl groups excluding tert-OH is 3. The van der Waals surface area contributed by atoms with E-state index in [-0.39, 0.29) is 0 Å². The van der Waals surface area contributed by atoms with E-state index in [4.69, 9.17) is 15.2 Å². The molecule has 0 bridgehead atoms. The highest BCUT2D eigenvalue weighted by molar-refractivity contribution is 6.11. The van der Waals surface area contributed by atoms with Crippen LogP contribution in [0.5, 0.6) is 0 Å². The number of methoxy groups -OCH3 is 1. The van der Waals surface area contributed by atoms with Crippen molar-refractivity contribution in [1.29, 1.82) is 0 Å². The van der Waals surface area contributed by atoms with Crippen molar-refractivity contribution in [3.05, 3.63) is 29.8 Å². The first-order valence-corrected chi connectivity index (χ1v) is 12.1. The summed E-state index contributed by atoms with van der Waals surface area (Å²) >= 11 is 0. The highest BCUT2D eigenvalue weighted by Crippen LogP contribution is 2.24. The van der Waals surface area contributed by atoms with Crippen LogP contribution in [0.1, 0.15) is 16.8 Å². The summed E-state index contributed by atoms with van der Waals surface area (Å²) in [5.74, 6) is 0.610. The molecule has 0 saturated carbocycles. The van der Waals surface area contributed by atoms with Crippen LogP contribution in [0.25, 0.3) is 0 Å². The first-order valence-electron chi connectivity index (χ1n) is 12.1. The number of ether oxygens (including phenoxy) is 2. The normalized spacial score (nSPS) is 27.6. The fourth-order valence-electron chi connectivity index (χ4n) is 4.48. The predicted molar refractivity (Wildman–Crippen MR) is 135 cm³/mol. The van der Waals surface area contributed by atoms with E-state index < -0.39 is 42.9 Å². The minimum absolute atomic E-state index is 0.313. The third kappa shape index (κ3) is 6.23. The Balaban J connectivity index is 1.20. The Bertz CT molecular complexity index is 1070. The van der Waals surface area contributed by atoms with Gasteiger partial charge in [0.15, 0.2) is 13.0 Å². The molecule has 202 valence electrons. The number of carbonyl (C=O) groups is 1. The van der Waals surface area contributed by atoms with Gasteiger partial charge in [0, 0.05) is 18.8 Å². The number of carbonyl (C=O) groups excluding carboxylic acids is 1. The molecule has 1 fully saturated rings. The van der Waals surface area contributed by atoms with Crippen molar-refractivity contribution < 1.29 is 34.2 Å². The van der Waals surface area contributed by atoms with Gasteiger partial charge in [0.2, 0.25) is 18.4 Å². The quantitative estimate of drug-likeness (QED) is 0.0695. The molecule has 0 radical (unpaired) electrons. The summed E-state index contributed by atoms with van der Waals surface area (Å²) in [6.45, 7) is 1.88. The smallest absolute Gasteiger partial charge is 0.337 e. The fourth-order valence-corrected chi connectivity index (χ4v) is 4.48. The second kappa shape index (κ2) is 11.9. The maximum Gasteiger partial charge on any atom is 0.337 e. The van der Waals surface area contributed by atoms with Crippen molar-refractivity contribution in [3.8, 4) is 0 Å². The summed E-state index contributed by atoms with van der Waals surface area (Å²) < 4.78 is 12.4. The summed E-state index contributed by atoms with van der Waals surface area (Å²) in [6, 6.07) is 6.22. The monoisotopic (exact) mass is 519 g/mol. The Labute approximate surface area is 214 Å². The van der Waals surface area contributed by atoms with Crippen LogP contribution in [-0.2, 0) is 9.47 Å². The van der Waals surface area contributed by atoms with Crippen LogP contribution in [0, 0.1) is 0 Å². The van der Waals surface area contributed by atoms with E-state index in [1.54, 1.807) is 35.2 Å². The van der Waals surface area contributed by atoms with Crippen molar-refractivity contribution in [2.75, 3.05) is 45.8 Å². The zero-order valence-electron chi connectivity index (χ0n) is 20.8. The van der Waals surface area contributed by atoms with E-state index in [0.29, 0.717) is 55.6 Å². The van der Waals surface area contributed by atoms with Crippen LogP contribution in [0.15, 0.2) is 34.3 Å². The third-order valence-electron chi connectivity index (χ3n) is 6.42. The number of fused-ring (bicyclic) bond motifs is 1. The average Bonchev–Trinajstić information content (AvgIpc) is 3.43. The van der Waals surface area contributed by atoms with Crippen LogP contribution in [0.2, 0.25) is 0 Å². The molecule has 8 N–H and O–H groups in total. The van der Waals surface area contributed by atoms with Crippen LogP contribution < -0.4 is 21.7 Å². The Morgan fingerprint density at radius 3 is 3.00 bits per heavy atom. The number of aliphatic imine (C=N–C) groups is 2. The molecule has 1 aromatic carbocycles. The lowest BCUT2D eigenvalue weighted by Gasteiger charge is -2.23. The molecule has 1 saturated heterocycles. The van der Waals surface area contributed by atoms with Crippen molar-refractivity contribution >= 4 is 29.7 Å². The van der Waals surface area contributed by atoms with Crippen LogP contribution in [0.4, 0.5) is 5.69 Å². The summed E-state index contributed by atoms with van der Waals surface area (Å²) in [6.07, 6.45) is -2.35. The largest absolute Gasteiger partial charge is 0.465 e. The number of nitrogens with zero attached hydrogens (tertiary/aromatic N) is 4. The van der Waals surface area contributed by atoms with E-state index in [2.05, 4.69) is 25.9 Å². The topological polar surface area (TPSA) is 189 Å². The summed E-state index contributed by atoms with van der Waals surface area (Å²) in [5.41, 5.74) is 6.88. The van der Waals surface area contributed by atoms with E-state index in [1.807, 2.05) is 11.9 Å². The average molecular weight is 520 g/mol. The van der Waals surface area contributed by atoms with Crippen LogP contribution in [0.3, 0.4) is 0 Å². The maximum absolute atomic E-state index is 11.6. The fraction of sp³-hybridized carbons (Fsp3) is 0.565. The second-order valence-electron chi connectivity index (χ2n) is 9.11. The van der Waals surface area contributed by atoms with Crippen LogP contribution >= 0.6 is 0 Å². The van der Waals surface area contributed by atoms with Gasteiger partial charge in [0.05, 0.1) is 12.7 Å². The van der Waals surface area contributed by atoms with Gasteiger partial charge in [-0.25, -0.2) is 14.4 Å². The number of hydrogen-bond donors (Lipinski definition) is 7. The molecule has 3 aliphatic rings. The Hall–Kier alpha value is -3.14. The lowest BCUT2D eigenvalue weighted by molar-refractivity contribution is -0.517. The van der Waals surface area contributed by atoms with Gasteiger partial charge < -0.3 is 40.7 Å². The number of anilines is 1. The molecule has 0 aliphatic carbocycles. The van der Waals surface area contributed by atoms with Gasteiger partial charge in [-0.2, -0.15) is 0 Å². The minimum Gasteiger partial charge on any atom is -0.465 e. The number of nitrogens with one attached hydrogen (secondary N) is 3. The highest BCUT2D eigenvalue weighted by Gasteiger charge is 2.49. The number of nitrogens with two attached hydrogens (primary N) is 1. The standard InChI is InChI=1S/C23H34N8O6/c1-30(8-4-7-25-23(35)29-14-6-3-5-13(9-14)22(34)36-2)10-15-17(32)18(33)21(37-15)31-12-28-16-19(24)26-11-27-20(16)31/h3,5-6,9,12,15-18,21,23,25,29,32-33,35H,4,7-8,10-11H2,1-2H3,(H2,24,26)/p+1. The molecule has 3 aliphatic heterocycles. The summed E-state index contributed by atoms with van der Waals surface area (Å²) in [7, 11) is 3.21. The molecule has 0 spiro atoms. The first-order chi connectivity index (χ1) is 17.8. The molecule has 0 amide bonds. The number of likely N-dealkylation sites (N-methyl/N-ethyl adjacent to an activating group) is 1. The molecule has 4 rings (SSSR count). The summed E-state index contributed by atoms with van der Waals surface area (Å²) in [4.78, 5) is 22.1. The Kier molecular flexibility index (Phi) is 8.68. The second-order valence-corrected chi connectivity index (χ2v) is 9.11. The van der Waals surface area contributed by atoms with Gasteiger partial charge in [-0.3, -0.25) is 10.6 Å². The minimum atomic E-state index is -1.13. The number of hydrogen-bond acceptors (Lipinski definition) is 13. The number of aliphatic hydroxyl groups is 3. The van der Waals surface area contributed by atoms with Crippen LogP contribution in [-0.4, -0.2) is 126 Å². The van der Waals surface area contributed by atoms with Crippen molar-refractivity contribution in [1.82, 2.24) is 15.5 Å². The Morgan fingerprint density at radius 1 is 1.41 bits per heavy atom. The zero-order valence-corrected chi connectivity index (χ0v) is 20.8. The number of amidine groups is 2. The van der Waals surface area contributed by atoms with Gasteiger partial charge >= 0.3 is 5.97 Å². The van der Waals surface area contributed by atoms with Gasteiger partial charge in [-0.05, 0) is 38.2 Å². The number of benzene rings is 1. The zero-order chi connectivity index (χ0) is 26.5. The molecule has 1 aromatic rings. The van der Waals surface area contributed by atoms with E-state index in [9.17, 15) is 20.1 Å². The number of esters is 1.